The molecule has 0 aliphatic carbocycles. The van der Waals surface area contributed by atoms with Crippen LogP contribution in [0.25, 0.3) is 0 Å². The van der Waals surface area contributed by atoms with Crippen LogP contribution < -0.4 is 5.32 Å². The van der Waals surface area contributed by atoms with Crippen LogP contribution >= 0.6 is 11.8 Å². The smallest absolute Gasteiger partial charge is 0.0534 e. The van der Waals surface area contributed by atoms with E-state index in [2.05, 4.69) is 66.2 Å². The van der Waals surface area contributed by atoms with Gasteiger partial charge in [-0.25, -0.2) is 0 Å². The molecule has 0 spiro atoms. The van der Waals surface area contributed by atoms with Gasteiger partial charge in [-0.1, -0.05) is 37.3 Å². The van der Waals surface area contributed by atoms with Crippen molar-refractivity contribution in [3.05, 3.63) is 35.9 Å². The molecule has 1 aromatic carbocycles. The molecular weight excluding hydrogens is 264 g/mol. The van der Waals surface area contributed by atoms with Gasteiger partial charge in [-0.05, 0) is 56.5 Å². The van der Waals surface area contributed by atoms with E-state index in [1.807, 2.05) is 0 Å². The second-order valence-corrected chi connectivity index (χ2v) is 7.20. The van der Waals surface area contributed by atoms with Gasteiger partial charge in [-0.3, -0.25) is 0 Å². The quantitative estimate of drug-likeness (QED) is 0.810. The highest BCUT2D eigenvalue weighted by molar-refractivity contribution is 7.99. The first kappa shape index (κ1) is 15.9. The largest absolute Gasteiger partial charge is 0.307 e. The van der Waals surface area contributed by atoms with E-state index >= 15 is 0 Å². The number of thioether (sulfide) groups is 1. The second-order valence-electron chi connectivity index (χ2n) is 5.81. The van der Waals surface area contributed by atoms with Gasteiger partial charge in [0.25, 0.3) is 0 Å². The van der Waals surface area contributed by atoms with E-state index in [9.17, 15) is 0 Å². The van der Waals surface area contributed by atoms with Crippen LogP contribution in [-0.2, 0) is 5.54 Å². The molecule has 2 rings (SSSR count). The molecule has 1 unspecified atom stereocenters. The Hall–Kier alpha value is -0.510. The van der Waals surface area contributed by atoms with Gasteiger partial charge in [0, 0.05) is 6.54 Å². The van der Waals surface area contributed by atoms with E-state index in [1.165, 1.54) is 43.0 Å². The predicted octanol–water partition coefficient (Wildman–Crippen LogP) is 3.34. The first-order valence-corrected chi connectivity index (χ1v) is 9.01. The zero-order valence-corrected chi connectivity index (χ0v) is 13.7. The van der Waals surface area contributed by atoms with Crippen LogP contribution in [0.4, 0.5) is 0 Å². The van der Waals surface area contributed by atoms with Gasteiger partial charge in [-0.2, -0.15) is 11.8 Å². The van der Waals surface area contributed by atoms with Crippen LogP contribution in [0.2, 0.25) is 0 Å². The van der Waals surface area contributed by atoms with Gasteiger partial charge in [0.05, 0.1) is 5.54 Å². The molecule has 1 aromatic rings. The van der Waals surface area contributed by atoms with Crippen molar-refractivity contribution >= 4 is 11.8 Å². The minimum atomic E-state index is 0.0929. The Morgan fingerprint density at radius 1 is 1.30 bits per heavy atom. The molecule has 1 heterocycles. The summed E-state index contributed by atoms with van der Waals surface area (Å²) in [5.74, 6) is 2.53. The fourth-order valence-corrected chi connectivity index (χ4v) is 3.60. The molecule has 2 nitrogen and oxygen atoms in total. The highest BCUT2D eigenvalue weighted by atomic mass is 32.2. The molecule has 0 amide bonds. The van der Waals surface area contributed by atoms with Gasteiger partial charge in [0.1, 0.15) is 0 Å². The number of rotatable bonds is 6. The van der Waals surface area contributed by atoms with E-state index in [1.54, 1.807) is 0 Å². The lowest BCUT2D eigenvalue weighted by atomic mass is 9.91. The molecule has 1 aliphatic rings. The van der Waals surface area contributed by atoms with Crippen molar-refractivity contribution in [2.45, 2.75) is 32.2 Å². The number of nitrogens with zero attached hydrogens (tertiary/aromatic N) is 1. The van der Waals surface area contributed by atoms with Crippen LogP contribution in [0.1, 0.15) is 32.3 Å². The average molecular weight is 292 g/mol. The maximum Gasteiger partial charge on any atom is 0.0534 e. The summed E-state index contributed by atoms with van der Waals surface area (Å²) < 4.78 is 0. The number of hydrogen-bond acceptors (Lipinski definition) is 3. The summed E-state index contributed by atoms with van der Waals surface area (Å²) in [7, 11) is 0. The Bertz CT molecular complexity index is 382. The lowest BCUT2D eigenvalue weighted by Crippen LogP contribution is -2.46. The normalized spacial score (nSPS) is 24.5. The number of hydrogen-bond donors (Lipinski definition) is 1. The van der Waals surface area contributed by atoms with Crippen LogP contribution in [-0.4, -0.2) is 42.6 Å². The topological polar surface area (TPSA) is 15.3 Å². The Morgan fingerprint density at radius 3 is 2.85 bits per heavy atom. The van der Waals surface area contributed by atoms with Crippen molar-refractivity contribution < 1.29 is 0 Å². The highest BCUT2D eigenvalue weighted by Crippen LogP contribution is 2.24. The SMILES string of the molecule is CCSCCCN1CCCNC(C)(c2ccccc2)C1. The fraction of sp³-hybridized carbons (Fsp3) is 0.647. The van der Waals surface area contributed by atoms with Gasteiger partial charge >= 0.3 is 0 Å². The molecule has 0 saturated carbocycles. The maximum atomic E-state index is 3.76. The molecule has 0 bridgehead atoms. The zero-order chi connectivity index (χ0) is 14.3. The summed E-state index contributed by atoms with van der Waals surface area (Å²) in [4.78, 5) is 2.64. The summed E-state index contributed by atoms with van der Waals surface area (Å²) in [6.07, 6.45) is 2.56. The molecule has 3 heteroatoms. The third kappa shape index (κ3) is 4.51. The minimum Gasteiger partial charge on any atom is -0.307 e. The van der Waals surface area contributed by atoms with Gasteiger partial charge in [0.2, 0.25) is 0 Å². The van der Waals surface area contributed by atoms with E-state index < -0.39 is 0 Å². The van der Waals surface area contributed by atoms with Gasteiger partial charge in [0.15, 0.2) is 0 Å². The van der Waals surface area contributed by atoms with Crippen LogP contribution in [0.5, 0.6) is 0 Å². The highest BCUT2D eigenvalue weighted by Gasteiger charge is 2.30. The molecule has 1 aliphatic heterocycles. The number of nitrogens with one attached hydrogen (secondary N) is 1. The van der Waals surface area contributed by atoms with Crippen LogP contribution in [0.15, 0.2) is 30.3 Å². The summed E-state index contributed by atoms with van der Waals surface area (Å²) >= 11 is 2.06. The Balaban J connectivity index is 1.96. The second kappa shape index (κ2) is 8.06. The molecule has 1 saturated heterocycles. The fourth-order valence-electron chi connectivity index (χ4n) is 2.97. The molecular formula is C17H28N2S. The molecule has 0 aromatic heterocycles. The van der Waals surface area contributed by atoms with Crippen molar-refractivity contribution in [1.82, 2.24) is 10.2 Å². The Morgan fingerprint density at radius 2 is 2.10 bits per heavy atom. The van der Waals surface area contributed by atoms with Crippen molar-refractivity contribution in [1.29, 1.82) is 0 Å². The lowest BCUT2D eigenvalue weighted by Gasteiger charge is -2.34. The molecule has 1 atom stereocenters. The average Bonchev–Trinajstić information content (AvgIpc) is 2.67. The van der Waals surface area contributed by atoms with E-state index in [0.717, 1.165) is 13.1 Å². The summed E-state index contributed by atoms with van der Waals surface area (Å²) in [6, 6.07) is 10.9. The van der Waals surface area contributed by atoms with Crippen LogP contribution in [0.3, 0.4) is 0 Å². The Labute approximate surface area is 128 Å². The first-order valence-electron chi connectivity index (χ1n) is 7.85. The molecule has 1 fully saturated rings. The number of benzene rings is 1. The Kier molecular flexibility index (Phi) is 6.40. The molecule has 1 N–H and O–H groups in total. The third-order valence-corrected chi connectivity index (χ3v) is 5.07. The minimum absolute atomic E-state index is 0.0929. The van der Waals surface area contributed by atoms with E-state index in [4.69, 9.17) is 0 Å². The summed E-state index contributed by atoms with van der Waals surface area (Å²) in [5, 5.41) is 3.76. The predicted molar refractivity (Wildman–Crippen MR) is 90.5 cm³/mol. The van der Waals surface area contributed by atoms with Crippen molar-refractivity contribution in [3.8, 4) is 0 Å². The van der Waals surface area contributed by atoms with Gasteiger partial charge in [-0.15, -0.1) is 0 Å². The van der Waals surface area contributed by atoms with E-state index in [0.29, 0.717) is 0 Å². The molecule has 112 valence electrons. The van der Waals surface area contributed by atoms with E-state index in [-0.39, 0.29) is 5.54 Å². The van der Waals surface area contributed by atoms with Crippen molar-refractivity contribution in [2.24, 2.45) is 0 Å². The maximum absolute atomic E-state index is 3.76. The summed E-state index contributed by atoms with van der Waals surface area (Å²) in [6.45, 7) is 9.29. The third-order valence-electron chi connectivity index (χ3n) is 4.08. The van der Waals surface area contributed by atoms with Crippen LogP contribution in [0, 0.1) is 0 Å². The van der Waals surface area contributed by atoms with Crippen molar-refractivity contribution in [2.75, 3.05) is 37.7 Å². The monoisotopic (exact) mass is 292 g/mol. The first-order chi connectivity index (χ1) is 9.74. The lowest BCUT2D eigenvalue weighted by molar-refractivity contribution is 0.221. The van der Waals surface area contributed by atoms with Gasteiger partial charge < -0.3 is 10.2 Å². The molecule has 0 radical (unpaired) electrons. The standard InChI is InChI=1S/C17H28N2S/c1-3-20-14-8-13-19-12-7-11-18-17(2,15-19)16-9-5-4-6-10-16/h4-6,9-10,18H,3,7-8,11-15H2,1-2H3. The summed E-state index contributed by atoms with van der Waals surface area (Å²) in [5.41, 5.74) is 1.50. The molecule has 20 heavy (non-hydrogen) atoms. The zero-order valence-electron chi connectivity index (χ0n) is 12.9. The van der Waals surface area contributed by atoms with Crippen molar-refractivity contribution in [3.63, 3.8) is 0 Å².